The summed E-state index contributed by atoms with van der Waals surface area (Å²) in [4.78, 5) is 18.7. The van der Waals surface area contributed by atoms with Crippen molar-refractivity contribution in [2.45, 2.75) is 37.5 Å². The first kappa shape index (κ1) is 14.8. The predicted octanol–water partition coefficient (Wildman–Crippen LogP) is 2.51. The number of hydrogen-bond acceptors (Lipinski definition) is 7. The van der Waals surface area contributed by atoms with E-state index in [2.05, 4.69) is 27.5 Å². The molecule has 1 aliphatic rings. The van der Waals surface area contributed by atoms with Crippen LogP contribution in [0.2, 0.25) is 0 Å². The SMILES string of the molecule is CCSC1CCCC1Nc1nc(NC)ncc1[N+](=O)[O-]. The fraction of sp³-hybridized carbons (Fsp3) is 0.667. The molecule has 110 valence electrons. The third-order valence-electron chi connectivity index (χ3n) is 3.35. The molecule has 1 fully saturated rings. The number of aromatic nitrogens is 2. The van der Waals surface area contributed by atoms with Crippen LogP contribution < -0.4 is 10.6 Å². The molecule has 2 unspecified atom stereocenters. The Labute approximate surface area is 122 Å². The largest absolute Gasteiger partial charge is 0.360 e. The van der Waals surface area contributed by atoms with Gasteiger partial charge in [-0.3, -0.25) is 10.1 Å². The summed E-state index contributed by atoms with van der Waals surface area (Å²) in [5.41, 5.74) is -0.0730. The van der Waals surface area contributed by atoms with E-state index in [1.807, 2.05) is 11.8 Å². The van der Waals surface area contributed by atoms with Crippen molar-refractivity contribution in [1.29, 1.82) is 0 Å². The zero-order valence-electron chi connectivity index (χ0n) is 11.6. The third kappa shape index (κ3) is 3.30. The molecule has 2 rings (SSSR count). The van der Waals surface area contributed by atoms with E-state index >= 15 is 0 Å². The Morgan fingerprint density at radius 2 is 2.35 bits per heavy atom. The minimum Gasteiger partial charge on any atom is -0.360 e. The number of hydrogen-bond donors (Lipinski definition) is 2. The number of rotatable bonds is 6. The normalized spacial score (nSPS) is 21.7. The highest BCUT2D eigenvalue weighted by molar-refractivity contribution is 7.99. The highest BCUT2D eigenvalue weighted by Gasteiger charge is 2.29. The summed E-state index contributed by atoms with van der Waals surface area (Å²) >= 11 is 1.90. The van der Waals surface area contributed by atoms with Gasteiger partial charge in [-0.2, -0.15) is 16.7 Å². The van der Waals surface area contributed by atoms with E-state index in [0.29, 0.717) is 17.0 Å². The van der Waals surface area contributed by atoms with Crippen LogP contribution in [-0.4, -0.2) is 39.0 Å². The highest BCUT2D eigenvalue weighted by atomic mass is 32.2. The Hall–Kier alpha value is -1.57. The van der Waals surface area contributed by atoms with E-state index in [1.54, 1.807) is 7.05 Å². The second-order valence-electron chi connectivity index (χ2n) is 4.61. The Morgan fingerprint density at radius 3 is 3.00 bits per heavy atom. The summed E-state index contributed by atoms with van der Waals surface area (Å²) in [7, 11) is 1.69. The molecule has 0 bridgehead atoms. The summed E-state index contributed by atoms with van der Waals surface area (Å²) in [6.07, 6.45) is 4.56. The van der Waals surface area contributed by atoms with Gasteiger partial charge in [0.05, 0.1) is 4.92 Å². The van der Waals surface area contributed by atoms with Gasteiger partial charge in [0.25, 0.3) is 0 Å². The van der Waals surface area contributed by atoms with Gasteiger partial charge in [-0.05, 0) is 18.6 Å². The van der Waals surface area contributed by atoms with Gasteiger partial charge in [0, 0.05) is 18.3 Å². The zero-order valence-corrected chi connectivity index (χ0v) is 12.4. The molecule has 0 radical (unpaired) electrons. The summed E-state index contributed by atoms with van der Waals surface area (Å²) < 4.78 is 0. The van der Waals surface area contributed by atoms with Crippen molar-refractivity contribution in [2.75, 3.05) is 23.4 Å². The Kier molecular flexibility index (Phi) is 4.99. The lowest BCUT2D eigenvalue weighted by atomic mass is 10.2. The lowest BCUT2D eigenvalue weighted by Gasteiger charge is -2.20. The molecule has 20 heavy (non-hydrogen) atoms. The minimum absolute atomic E-state index is 0.0730. The standard InChI is InChI=1S/C12H19N5O2S/c1-3-20-10-6-4-5-8(10)15-11-9(17(18)19)7-14-12(13-2)16-11/h7-8,10H,3-6H2,1-2H3,(H2,13,14,15,16). The molecule has 8 heteroatoms. The van der Waals surface area contributed by atoms with Crippen LogP contribution in [0.5, 0.6) is 0 Å². The quantitative estimate of drug-likeness (QED) is 0.615. The van der Waals surface area contributed by atoms with Crippen molar-refractivity contribution in [1.82, 2.24) is 9.97 Å². The van der Waals surface area contributed by atoms with Gasteiger partial charge in [0.1, 0.15) is 6.20 Å². The number of nitrogens with one attached hydrogen (secondary N) is 2. The Balaban J connectivity index is 2.20. The average molecular weight is 297 g/mol. The molecule has 0 aliphatic heterocycles. The van der Waals surface area contributed by atoms with Gasteiger partial charge in [-0.15, -0.1) is 0 Å². The van der Waals surface area contributed by atoms with Gasteiger partial charge in [0.2, 0.25) is 11.8 Å². The number of thioether (sulfide) groups is 1. The molecule has 0 spiro atoms. The summed E-state index contributed by atoms with van der Waals surface area (Å²) in [5.74, 6) is 1.75. The third-order valence-corrected chi connectivity index (χ3v) is 4.67. The van der Waals surface area contributed by atoms with Crippen LogP contribution in [0.1, 0.15) is 26.2 Å². The maximum absolute atomic E-state index is 11.1. The number of nitrogens with zero attached hydrogens (tertiary/aromatic N) is 3. The lowest BCUT2D eigenvalue weighted by molar-refractivity contribution is -0.384. The first-order chi connectivity index (χ1) is 9.65. The number of nitro groups is 1. The van der Waals surface area contributed by atoms with Crippen molar-refractivity contribution >= 4 is 29.2 Å². The van der Waals surface area contributed by atoms with E-state index in [-0.39, 0.29) is 11.7 Å². The molecular formula is C12H19N5O2S. The topological polar surface area (TPSA) is 93.0 Å². The van der Waals surface area contributed by atoms with Crippen LogP contribution in [0, 0.1) is 10.1 Å². The van der Waals surface area contributed by atoms with Crippen molar-refractivity contribution in [3.8, 4) is 0 Å². The Bertz CT molecular complexity index is 485. The van der Waals surface area contributed by atoms with E-state index in [9.17, 15) is 10.1 Å². The molecule has 1 aliphatic carbocycles. The van der Waals surface area contributed by atoms with Crippen LogP contribution in [0.15, 0.2) is 6.20 Å². The predicted molar refractivity (Wildman–Crippen MR) is 81.4 cm³/mol. The lowest BCUT2D eigenvalue weighted by Crippen LogP contribution is -2.27. The molecule has 0 aromatic carbocycles. The van der Waals surface area contributed by atoms with Crippen molar-refractivity contribution in [3.63, 3.8) is 0 Å². The van der Waals surface area contributed by atoms with Crippen LogP contribution in [0.3, 0.4) is 0 Å². The minimum atomic E-state index is -0.446. The average Bonchev–Trinajstić information content (AvgIpc) is 2.86. The van der Waals surface area contributed by atoms with Crippen LogP contribution in [-0.2, 0) is 0 Å². The molecule has 2 N–H and O–H groups in total. The van der Waals surface area contributed by atoms with Crippen molar-refractivity contribution < 1.29 is 4.92 Å². The van der Waals surface area contributed by atoms with E-state index in [0.717, 1.165) is 25.0 Å². The second kappa shape index (κ2) is 6.74. The molecule has 1 aromatic heterocycles. The molecule has 0 amide bonds. The first-order valence-corrected chi connectivity index (χ1v) is 7.78. The van der Waals surface area contributed by atoms with Gasteiger partial charge in [0.15, 0.2) is 0 Å². The monoisotopic (exact) mass is 297 g/mol. The van der Waals surface area contributed by atoms with Crippen molar-refractivity contribution in [3.05, 3.63) is 16.3 Å². The van der Waals surface area contributed by atoms with Crippen molar-refractivity contribution in [2.24, 2.45) is 0 Å². The zero-order chi connectivity index (χ0) is 14.5. The molecule has 7 nitrogen and oxygen atoms in total. The van der Waals surface area contributed by atoms with E-state index in [1.165, 1.54) is 6.20 Å². The van der Waals surface area contributed by atoms with E-state index < -0.39 is 4.92 Å². The molecule has 0 saturated heterocycles. The molecule has 1 aromatic rings. The Morgan fingerprint density at radius 1 is 1.55 bits per heavy atom. The first-order valence-electron chi connectivity index (χ1n) is 6.73. The molecule has 2 atom stereocenters. The van der Waals surface area contributed by atoms with Crippen LogP contribution in [0.25, 0.3) is 0 Å². The van der Waals surface area contributed by atoms with Gasteiger partial charge >= 0.3 is 5.69 Å². The maximum Gasteiger partial charge on any atom is 0.329 e. The van der Waals surface area contributed by atoms with Crippen LogP contribution in [0.4, 0.5) is 17.5 Å². The summed E-state index contributed by atoms with van der Waals surface area (Å²) in [5, 5.41) is 17.6. The maximum atomic E-state index is 11.1. The summed E-state index contributed by atoms with van der Waals surface area (Å²) in [6, 6.07) is 0.234. The van der Waals surface area contributed by atoms with Gasteiger partial charge < -0.3 is 10.6 Å². The molecule has 1 saturated carbocycles. The van der Waals surface area contributed by atoms with E-state index in [4.69, 9.17) is 0 Å². The number of anilines is 2. The van der Waals surface area contributed by atoms with Gasteiger partial charge in [-0.25, -0.2) is 4.98 Å². The van der Waals surface area contributed by atoms with Gasteiger partial charge in [-0.1, -0.05) is 13.3 Å². The molecule has 1 heterocycles. The smallest absolute Gasteiger partial charge is 0.329 e. The second-order valence-corrected chi connectivity index (χ2v) is 6.13. The molecular weight excluding hydrogens is 278 g/mol. The fourth-order valence-electron chi connectivity index (χ4n) is 2.42. The fourth-order valence-corrected chi connectivity index (χ4v) is 3.61. The highest BCUT2D eigenvalue weighted by Crippen LogP contribution is 2.33. The van der Waals surface area contributed by atoms with Crippen LogP contribution >= 0.6 is 11.8 Å². The summed E-state index contributed by atoms with van der Waals surface area (Å²) in [6.45, 7) is 2.13.